The zero-order chi connectivity index (χ0) is 18.0. The molecule has 1 aliphatic rings. The highest BCUT2D eigenvalue weighted by Gasteiger charge is 2.30. The Hall–Kier alpha value is -2.50. The fraction of sp³-hybridized carbons (Fsp3) is 0.474. The summed E-state index contributed by atoms with van der Waals surface area (Å²) in [7, 11) is 0. The van der Waals surface area contributed by atoms with E-state index < -0.39 is 0 Å². The van der Waals surface area contributed by atoms with Crippen molar-refractivity contribution in [3.63, 3.8) is 0 Å². The van der Waals surface area contributed by atoms with Crippen LogP contribution in [-0.4, -0.2) is 41.0 Å². The number of likely N-dealkylation sites (tertiary alicyclic amines) is 1. The second kappa shape index (κ2) is 7.17. The SMILES string of the molecule is C=C(C)Cn1c(C(=O)N2CCC(C(=O)OCC)CC2)cc2occc21. The van der Waals surface area contributed by atoms with Crippen LogP contribution in [0, 0.1) is 5.92 Å². The summed E-state index contributed by atoms with van der Waals surface area (Å²) in [4.78, 5) is 26.6. The monoisotopic (exact) mass is 344 g/mol. The molecule has 0 aromatic carbocycles. The highest BCUT2D eigenvalue weighted by atomic mass is 16.5. The molecule has 1 fully saturated rings. The highest BCUT2D eigenvalue weighted by Crippen LogP contribution is 2.25. The molecule has 25 heavy (non-hydrogen) atoms. The average Bonchev–Trinajstić information content (AvgIpc) is 3.17. The normalized spacial score (nSPS) is 15.5. The first kappa shape index (κ1) is 17.3. The van der Waals surface area contributed by atoms with Crippen LogP contribution in [0.1, 0.15) is 37.2 Å². The summed E-state index contributed by atoms with van der Waals surface area (Å²) in [5, 5.41) is 0. The predicted molar refractivity (Wildman–Crippen MR) is 94.3 cm³/mol. The van der Waals surface area contributed by atoms with Crippen LogP contribution in [0.25, 0.3) is 11.1 Å². The van der Waals surface area contributed by atoms with Gasteiger partial charge in [0.25, 0.3) is 5.91 Å². The molecule has 3 heterocycles. The standard InChI is InChI=1S/C19H24N2O4/c1-4-24-19(23)14-5-8-20(9-6-14)18(22)16-11-17-15(7-10-25-17)21(16)12-13(2)3/h7,10-11,14H,2,4-6,8-9,12H2,1,3H3. The molecule has 2 aromatic heterocycles. The van der Waals surface area contributed by atoms with Gasteiger partial charge in [0.05, 0.1) is 24.3 Å². The Labute approximate surface area is 147 Å². The summed E-state index contributed by atoms with van der Waals surface area (Å²) in [5.74, 6) is -0.296. The summed E-state index contributed by atoms with van der Waals surface area (Å²) in [6, 6.07) is 3.65. The molecule has 0 radical (unpaired) electrons. The van der Waals surface area contributed by atoms with Crippen molar-refractivity contribution < 1.29 is 18.7 Å². The summed E-state index contributed by atoms with van der Waals surface area (Å²) < 4.78 is 12.5. The number of rotatable bonds is 5. The Morgan fingerprint density at radius 3 is 2.72 bits per heavy atom. The zero-order valence-electron chi connectivity index (χ0n) is 14.8. The van der Waals surface area contributed by atoms with E-state index in [-0.39, 0.29) is 17.8 Å². The molecule has 134 valence electrons. The molecular formula is C19H24N2O4. The third-order valence-electron chi connectivity index (χ3n) is 4.57. The Bertz CT molecular complexity index is 794. The fourth-order valence-electron chi connectivity index (χ4n) is 3.33. The first-order valence-electron chi connectivity index (χ1n) is 8.68. The van der Waals surface area contributed by atoms with Crippen LogP contribution in [0.15, 0.2) is 35.0 Å². The number of nitrogens with zero attached hydrogens (tertiary/aromatic N) is 2. The molecule has 2 aromatic rings. The highest BCUT2D eigenvalue weighted by molar-refractivity contribution is 5.97. The molecule has 6 heteroatoms. The Morgan fingerprint density at radius 1 is 1.36 bits per heavy atom. The zero-order valence-corrected chi connectivity index (χ0v) is 14.8. The first-order chi connectivity index (χ1) is 12.0. The number of furan rings is 1. The van der Waals surface area contributed by atoms with Crippen molar-refractivity contribution in [2.24, 2.45) is 5.92 Å². The molecule has 1 saturated heterocycles. The predicted octanol–water partition coefficient (Wildman–Crippen LogP) is 3.23. The van der Waals surface area contributed by atoms with E-state index in [1.807, 2.05) is 24.5 Å². The fourth-order valence-corrected chi connectivity index (χ4v) is 3.33. The van der Waals surface area contributed by atoms with Gasteiger partial charge in [-0.25, -0.2) is 0 Å². The lowest BCUT2D eigenvalue weighted by molar-refractivity contribution is -0.149. The van der Waals surface area contributed by atoms with E-state index in [1.165, 1.54) is 0 Å². The van der Waals surface area contributed by atoms with Crippen LogP contribution in [0.4, 0.5) is 0 Å². The number of carbonyl (C=O) groups excluding carboxylic acids is 2. The number of aromatic nitrogens is 1. The van der Waals surface area contributed by atoms with Crippen LogP contribution in [0.5, 0.6) is 0 Å². The maximum atomic E-state index is 13.0. The van der Waals surface area contributed by atoms with Gasteiger partial charge >= 0.3 is 5.97 Å². The summed E-state index contributed by atoms with van der Waals surface area (Å²) in [6.45, 7) is 9.78. The van der Waals surface area contributed by atoms with Gasteiger partial charge in [0.2, 0.25) is 0 Å². The molecule has 0 N–H and O–H groups in total. The molecule has 0 saturated carbocycles. The van der Waals surface area contributed by atoms with Crippen molar-refractivity contribution in [1.82, 2.24) is 9.47 Å². The van der Waals surface area contributed by atoms with Crippen molar-refractivity contribution in [3.8, 4) is 0 Å². The Kier molecular flexibility index (Phi) is 4.97. The van der Waals surface area contributed by atoms with E-state index in [9.17, 15) is 9.59 Å². The summed E-state index contributed by atoms with van der Waals surface area (Å²) in [6.07, 6.45) is 2.91. The molecule has 0 unspecified atom stereocenters. The lowest BCUT2D eigenvalue weighted by Crippen LogP contribution is -2.41. The number of ether oxygens (including phenoxy) is 1. The minimum atomic E-state index is -0.155. The quantitative estimate of drug-likeness (QED) is 0.617. The number of hydrogen-bond acceptors (Lipinski definition) is 4. The van der Waals surface area contributed by atoms with Gasteiger partial charge in [0.1, 0.15) is 5.69 Å². The molecule has 0 atom stereocenters. The third kappa shape index (κ3) is 3.48. The van der Waals surface area contributed by atoms with E-state index in [0.717, 1.165) is 11.1 Å². The topological polar surface area (TPSA) is 64.7 Å². The van der Waals surface area contributed by atoms with Crippen LogP contribution in [0.3, 0.4) is 0 Å². The molecule has 1 aliphatic heterocycles. The van der Waals surface area contributed by atoms with Gasteiger partial charge in [-0.3, -0.25) is 9.59 Å². The maximum Gasteiger partial charge on any atom is 0.309 e. The number of hydrogen-bond donors (Lipinski definition) is 0. The molecule has 0 aliphatic carbocycles. The average molecular weight is 344 g/mol. The largest absolute Gasteiger partial charge is 0.466 e. The number of amides is 1. The van der Waals surface area contributed by atoms with E-state index in [0.29, 0.717) is 50.4 Å². The molecular weight excluding hydrogens is 320 g/mol. The third-order valence-corrected chi connectivity index (χ3v) is 4.57. The summed E-state index contributed by atoms with van der Waals surface area (Å²) >= 11 is 0. The maximum absolute atomic E-state index is 13.0. The van der Waals surface area contributed by atoms with Gasteiger partial charge in [-0.15, -0.1) is 0 Å². The Morgan fingerprint density at radius 2 is 2.08 bits per heavy atom. The summed E-state index contributed by atoms with van der Waals surface area (Å²) in [5.41, 5.74) is 3.17. The number of piperidine rings is 1. The van der Waals surface area contributed by atoms with Gasteiger partial charge in [-0.1, -0.05) is 12.2 Å². The number of carbonyl (C=O) groups is 2. The van der Waals surface area contributed by atoms with Crippen molar-refractivity contribution in [3.05, 3.63) is 36.2 Å². The van der Waals surface area contributed by atoms with E-state index >= 15 is 0 Å². The lowest BCUT2D eigenvalue weighted by Gasteiger charge is -2.31. The van der Waals surface area contributed by atoms with Crippen LogP contribution < -0.4 is 0 Å². The molecule has 1 amide bonds. The second-order valence-electron chi connectivity index (χ2n) is 6.56. The number of fused-ring (bicyclic) bond motifs is 1. The molecule has 6 nitrogen and oxygen atoms in total. The van der Waals surface area contributed by atoms with Gasteiger partial charge in [-0.05, 0) is 26.7 Å². The van der Waals surface area contributed by atoms with Crippen molar-refractivity contribution >= 4 is 23.0 Å². The first-order valence-corrected chi connectivity index (χ1v) is 8.68. The van der Waals surface area contributed by atoms with E-state index in [2.05, 4.69) is 6.58 Å². The lowest BCUT2D eigenvalue weighted by atomic mass is 9.97. The smallest absolute Gasteiger partial charge is 0.309 e. The molecule has 0 spiro atoms. The minimum Gasteiger partial charge on any atom is -0.466 e. The minimum absolute atomic E-state index is 0.0324. The van der Waals surface area contributed by atoms with Crippen molar-refractivity contribution in [2.45, 2.75) is 33.2 Å². The van der Waals surface area contributed by atoms with Gasteiger partial charge in [0, 0.05) is 31.8 Å². The van der Waals surface area contributed by atoms with Crippen LogP contribution in [0.2, 0.25) is 0 Å². The van der Waals surface area contributed by atoms with E-state index in [1.54, 1.807) is 17.2 Å². The van der Waals surface area contributed by atoms with Gasteiger partial charge in [0.15, 0.2) is 5.58 Å². The number of allylic oxidation sites excluding steroid dienone is 1. The van der Waals surface area contributed by atoms with Crippen LogP contribution >= 0.6 is 0 Å². The molecule has 0 bridgehead atoms. The molecule has 3 rings (SSSR count). The van der Waals surface area contributed by atoms with Crippen molar-refractivity contribution in [1.29, 1.82) is 0 Å². The second-order valence-corrected chi connectivity index (χ2v) is 6.56. The van der Waals surface area contributed by atoms with Crippen molar-refractivity contribution in [2.75, 3.05) is 19.7 Å². The van der Waals surface area contributed by atoms with Gasteiger partial charge < -0.3 is 18.6 Å². The van der Waals surface area contributed by atoms with Gasteiger partial charge in [-0.2, -0.15) is 0 Å². The van der Waals surface area contributed by atoms with E-state index in [4.69, 9.17) is 9.15 Å². The Balaban J connectivity index is 1.76. The van der Waals surface area contributed by atoms with Crippen LogP contribution in [-0.2, 0) is 16.1 Å². The number of esters is 1.